The Balaban J connectivity index is 1.40. The fraction of sp³-hybridized carbons (Fsp3) is 0.231. The molecule has 1 aliphatic heterocycles. The van der Waals surface area contributed by atoms with E-state index in [9.17, 15) is 0 Å². The van der Waals surface area contributed by atoms with Crippen LogP contribution in [-0.2, 0) is 4.74 Å². The van der Waals surface area contributed by atoms with Crippen molar-refractivity contribution in [2.75, 3.05) is 56.1 Å². The van der Waals surface area contributed by atoms with Crippen molar-refractivity contribution in [1.82, 2.24) is 19.9 Å². The molecule has 0 spiro atoms. The number of halogens is 2. The Bertz CT molecular complexity index is 1390. The summed E-state index contributed by atoms with van der Waals surface area (Å²) in [6, 6.07) is 13.4. The molecule has 0 amide bonds. The lowest BCUT2D eigenvalue weighted by atomic mass is 10.2. The highest BCUT2D eigenvalue weighted by Crippen LogP contribution is 2.45. The Labute approximate surface area is 229 Å². The van der Waals surface area contributed by atoms with Gasteiger partial charge in [-0.05, 0) is 36.4 Å². The molecule has 1 saturated heterocycles. The van der Waals surface area contributed by atoms with Crippen LogP contribution in [0.15, 0.2) is 55.0 Å². The number of pyridine rings is 1. The minimum absolute atomic E-state index is 0.286. The highest BCUT2D eigenvalue weighted by atomic mass is 35.5. The molecular weight excluding hydrogens is 529 g/mol. The van der Waals surface area contributed by atoms with Gasteiger partial charge < -0.3 is 29.7 Å². The van der Waals surface area contributed by atoms with Crippen LogP contribution in [0.5, 0.6) is 11.5 Å². The van der Waals surface area contributed by atoms with Crippen LogP contribution in [0.2, 0.25) is 10.0 Å². The topological polar surface area (TPSA) is 107 Å². The van der Waals surface area contributed by atoms with Crippen LogP contribution in [0.25, 0.3) is 11.4 Å². The molecule has 0 bridgehead atoms. The number of ether oxygens (including phenoxy) is 3. The van der Waals surface area contributed by atoms with E-state index in [2.05, 4.69) is 47.6 Å². The summed E-state index contributed by atoms with van der Waals surface area (Å²) in [5, 5.41) is 7.01. The van der Waals surface area contributed by atoms with Gasteiger partial charge in [0.15, 0.2) is 5.82 Å². The molecule has 4 aromatic rings. The van der Waals surface area contributed by atoms with Crippen molar-refractivity contribution in [2.45, 2.75) is 0 Å². The number of aromatic nitrogens is 4. The van der Waals surface area contributed by atoms with Gasteiger partial charge >= 0.3 is 0 Å². The van der Waals surface area contributed by atoms with Crippen LogP contribution in [0.3, 0.4) is 0 Å². The van der Waals surface area contributed by atoms with E-state index in [1.165, 1.54) is 20.5 Å². The van der Waals surface area contributed by atoms with Crippen molar-refractivity contribution in [3.05, 3.63) is 65.0 Å². The van der Waals surface area contributed by atoms with Crippen LogP contribution in [0, 0.1) is 0 Å². The maximum Gasteiger partial charge on any atom is 0.230 e. The summed E-state index contributed by atoms with van der Waals surface area (Å²) >= 11 is 13.1. The summed E-state index contributed by atoms with van der Waals surface area (Å²) in [7, 11) is 3.03. The number of nitrogens with one attached hydrogen (secondary N) is 2. The third kappa shape index (κ3) is 5.52. The fourth-order valence-corrected chi connectivity index (χ4v) is 4.59. The summed E-state index contributed by atoms with van der Waals surface area (Å²) in [5.74, 6) is 2.05. The standard InChI is InChI=1S/C26H25Cl2N7O3/c1-36-19-14-20(37-2)22(28)23(21(19)27)33-24-18(4-3-9-29-24)25-30-15-31-26(34-25)32-16-5-7-17(8-6-16)35-10-12-38-13-11-35/h3-9,14-15H,10-13H2,1-2H3,(H,29,33)(H,30,31,32,34). The second-order valence-corrected chi connectivity index (χ2v) is 8.97. The van der Waals surface area contributed by atoms with Crippen LogP contribution >= 0.6 is 23.2 Å². The summed E-state index contributed by atoms with van der Waals surface area (Å²) < 4.78 is 16.2. The van der Waals surface area contributed by atoms with Crippen molar-refractivity contribution in [3.63, 3.8) is 0 Å². The van der Waals surface area contributed by atoms with Gasteiger partial charge in [0.05, 0.1) is 38.7 Å². The predicted octanol–water partition coefficient (Wildman–Crippen LogP) is 5.58. The second kappa shape index (κ2) is 11.7. The lowest BCUT2D eigenvalue weighted by molar-refractivity contribution is 0.122. The van der Waals surface area contributed by atoms with Crippen LogP contribution in [0.1, 0.15) is 0 Å². The summed E-state index contributed by atoms with van der Waals surface area (Å²) in [4.78, 5) is 20.0. The van der Waals surface area contributed by atoms with Crippen molar-refractivity contribution in [3.8, 4) is 22.9 Å². The van der Waals surface area contributed by atoms with E-state index in [-0.39, 0.29) is 10.0 Å². The molecule has 3 heterocycles. The summed E-state index contributed by atoms with van der Waals surface area (Å²) in [5.41, 5.74) is 3.00. The Hall–Kier alpha value is -3.86. The van der Waals surface area contributed by atoms with Gasteiger partial charge in [-0.2, -0.15) is 4.98 Å². The zero-order valence-electron chi connectivity index (χ0n) is 20.7. The van der Waals surface area contributed by atoms with Crippen molar-refractivity contribution in [1.29, 1.82) is 0 Å². The van der Waals surface area contributed by atoms with Crippen molar-refractivity contribution >= 4 is 52.0 Å². The smallest absolute Gasteiger partial charge is 0.230 e. The van der Waals surface area contributed by atoms with Crippen LogP contribution in [-0.4, -0.2) is 60.5 Å². The molecule has 2 N–H and O–H groups in total. The minimum atomic E-state index is 0.286. The largest absolute Gasteiger partial charge is 0.495 e. The van der Waals surface area contributed by atoms with Gasteiger partial charge in [0.2, 0.25) is 5.95 Å². The molecule has 1 fully saturated rings. The Morgan fingerprint density at radius 1 is 0.895 bits per heavy atom. The molecule has 38 heavy (non-hydrogen) atoms. The van der Waals surface area contributed by atoms with E-state index < -0.39 is 0 Å². The Morgan fingerprint density at radius 3 is 2.29 bits per heavy atom. The highest BCUT2D eigenvalue weighted by Gasteiger charge is 2.20. The lowest BCUT2D eigenvalue weighted by Crippen LogP contribution is -2.36. The lowest BCUT2D eigenvalue weighted by Gasteiger charge is -2.28. The number of methoxy groups -OCH3 is 2. The molecule has 2 aromatic heterocycles. The predicted molar refractivity (Wildman–Crippen MR) is 149 cm³/mol. The minimum Gasteiger partial charge on any atom is -0.495 e. The zero-order chi connectivity index (χ0) is 26.5. The first kappa shape index (κ1) is 25.8. The molecule has 10 nitrogen and oxygen atoms in total. The molecule has 12 heteroatoms. The molecule has 0 atom stereocenters. The van der Waals surface area contributed by atoms with Crippen molar-refractivity contribution < 1.29 is 14.2 Å². The zero-order valence-corrected chi connectivity index (χ0v) is 22.3. The first-order chi connectivity index (χ1) is 18.6. The average Bonchev–Trinajstić information content (AvgIpc) is 2.97. The van der Waals surface area contributed by atoms with Gasteiger partial charge in [0.1, 0.15) is 33.7 Å². The van der Waals surface area contributed by atoms with E-state index in [4.69, 9.17) is 37.4 Å². The number of benzene rings is 2. The molecular formula is C26H25Cl2N7O3. The molecule has 0 radical (unpaired) electrons. The average molecular weight is 554 g/mol. The number of rotatable bonds is 8. The molecule has 0 aliphatic carbocycles. The van der Waals surface area contributed by atoms with E-state index in [1.54, 1.807) is 18.3 Å². The second-order valence-electron chi connectivity index (χ2n) is 8.21. The van der Waals surface area contributed by atoms with Gasteiger partial charge in [0, 0.05) is 36.7 Å². The van der Waals surface area contributed by atoms with E-state index in [0.717, 1.165) is 37.7 Å². The van der Waals surface area contributed by atoms with E-state index in [1.807, 2.05) is 18.2 Å². The first-order valence-corrected chi connectivity index (χ1v) is 12.5. The highest BCUT2D eigenvalue weighted by molar-refractivity contribution is 6.41. The monoisotopic (exact) mass is 553 g/mol. The van der Waals surface area contributed by atoms with Gasteiger partial charge in [-0.1, -0.05) is 23.2 Å². The number of morpholine rings is 1. The third-order valence-corrected chi connectivity index (χ3v) is 6.69. The Morgan fingerprint density at radius 2 is 1.61 bits per heavy atom. The van der Waals surface area contributed by atoms with E-state index >= 15 is 0 Å². The number of hydrogen-bond acceptors (Lipinski definition) is 10. The number of anilines is 5. The molecule has 5 rings (SSSR count). The fourth-order valence-electron chi connectivity index (χ4n) is 3.99. The molecule has 196 valence electrons. The molecule has 2 aromatic carbocycles. The summed E-state index contributed by atoms with van der Waals surface area (Å²) in [6.07, 6.45) is 3.08. The Kier molecular flexibility index (Phi) is 7.92. The molecule has 0 unspecified atom stereocenters. The number of hydrogen-bond donors (Lipinski definition) is 2. The van der Waals surface area contributed by atoms with Crippen molar-refractivity contribution in [2.24, 2.45) is 0 Å². The SMILES string of the molecule is COc1cc(OC)c(Cl)c(Nc2ncccc2-c2ncnc(Nc3ccc(N4CCOCC4)cc3)n2)c1Cl. The van der Waals surface area contributed by atoms with E-state index in [0.29, 0.717) is 40.3 Å². The maximum atomic E-state index is 6.55. The van der Waals surface area contributed by atoms with Gasteiger partial charge in [-0.15, -0.1) is 0 Å². The quantitative estimate of drug-likeness (QED) is 0.287. The first-order valence-electron chi connectivity index (χ1n) is 11.8. The molecule has 0 saturated carbocycles. The third-order valence-electron chi connectivity index (χ3n) is 5.94. The molecule has 1 aliphatic rings. The van der Waals surface area contributed by atoms with Gasteiger partial charge in [-0.25, -0.2) is 15.0 Å². The number of nitrogens with zero attached hydrogens (tertiary/aromatic N) is 5. The maximum absolute atomic E-state index is 6.55. The van der Waals surface area contributed by atoms with Gasteiger partial charge in [-0.3, -0.25) is 0 Å². The van der Waals surface area contributed by atoms with Gasteiger partial charge in [0.25, 0.3) is 0 Å². The normalized spacial score (nSPS) is 13.2. The van der Waals surface area contributed by atoms with Crippen LogP contribution in [0.4, 0.5) is 28.8 Å². The summed E-state index contributed by atoms with van der Waals surface area (Å²) in [6.45, 7) is 3.24. The van der Waals surface area contributed by atoms with Crippen LogP contribution < -0.4 is 25.0 Å².